The Hall–Kier alpha value is -3.35. The van der Waals surface area contributed by atoms with Crippen LogP contribution in [-0.4, -0.2) is 4.92 Å². The number of para-hydroxylation sites is 1. The minimum Gasteiger partial charge on any atom is -0.450 e. The van der Waals surface area contributed by atoms with E-state index in [2.05, 4.69) is 0 Å². The third kappa shape index (κ3) is 4.44. The normalized spacial score (nSPS) is 11.2. The van der Waals surface area contributed by atoms with Gasteiger partial charge in [0, 0.05) is 12.5 Å². The molecule has 3 aromatic rings. The van der Waals surface area contributed by atoms with Crippen molar-refractivity contribution in [3.8, 4) is 11.5 Å². The number of ether oxygens (including phenoxy) is 1. The van der Waals surface area contributed by atoms with Crippen LogP contribution in [0.4, 0.5) is 18.9 Å². The predicted molar refractivity (Wildman–Crippen MR) is 93.9 cm³/mol. The molecule has 0 aromatic heterocycles. The number of alkyl halides is 3. The molecule has 0 aliphatic rings. The average molecular weight is 373 g/mol. The van der Waals surface area contributed by atoms with Crippen molar-refractivity contribution < 1.29 is 22.8 Å². The van der Waals surface area contributed by atoms with Gasteiger partial charge in [0.05, 0.1) is 10.5 Å². The van der Waals surface area contributed by atoms with Crippen molar-refractivity contribution in [2.45, 2.75) is 12.6 Å². The van der Waals surface area contributed by atoms with E-state index in [-0.39, 0.29) is 5.75 Å². The molecule has 7 heteroatoms. The van der Waals surface area contributed by atoms with Crippen molar-refractivity contribution in [2.24, 2.45) is 0 Å². The maximum atomic E-state index is 12.8. The van der Waals surface area contributed by atoms with E-state index in [4.69, 9.17) is 4.74 Å². The third-order valence-electron chi connectivity index (χ3n) is 3.91. The van der Waals surface area contributed by atoms with Crippen molar-refractivity contribution >= 4 is 5.69 Å². The van der Waals surface area contributed by atoms with E-state index < -0.39 is 22.4 Å². The Balaban J connectivity index is 1.95. The average Bonchev–Trinajstić information content (AvgIpc) is 2.63. The Kier molecular flexibility index (Phi) is 5.12. The van der Waals surface area contributed by atoms with Crippen LogP contribution in [0.1, 0.15) is 16.7 Å². The van der Waals surface area contributed by atoms with Crippen LogP contribution in [0.15, 0.2) is 72.8 Å². The van der Waals surface area contributed by atoms with E-state index in [0.29, 0.717) is 18.2 Å². The molecule has 0 radical (unpaired) electrons. The lowest BCUT2D eigenvalue weighted by atomic mass is 10.0. The summed E-state index contributed by atoms with van der Waals surface area (Å²) in [5.74, 6) is 0.109. The van der Waals surface area contributed by atoms with Gasteiger partial charge < -0.3 is 4.74 Å². The van der Waals surface area contributed by atoms with Crippen LogP contribution in [0, 0.1) is 10.1 Å². The highest BCUT2D eigenvalue weighted by Crippen LogP contribution is 2.38. The van der Waals surface area contributed by atoms with Crippen molar-refractivity contribution in [1.29, 1.82) is 0 Å². The summed E-state index contributed by atoms with van der Waals surface area (Å²) >= 11 is 0. The summed E-state index contributed by atoms with van der Waals surface area (Å²) in [7, 11) is 0. The van der Waals surface area contributed by atoms with Gasteiger partial charge in [-0.15, -0.1) is 0 Å². The molecule has 0 aliphatic heterocycles. The number of rotatable bonds is 5. The zero-order chi connectivity index (χ0) is 19.4. The maximum Gasteiger partial charge on any atom is 0.416 e. The molecule has 3 rings (SSSR count). The number of hydrogen-bond acceptors (Lipinski definition) is 3. The van der Waals surface area contributed by atoms with Crippen molar-refractivity contribution in [3.63, 3.8) is 0 Å². The summed E-state index contributed by atoms with van der Waals surface area (Å²) in [5, 5.41) is 11.2. The number of nitrogens with zero attached hydrogens (tertiary/aromatic N) is 1. The van der Waals surface area contributed by atoms with Crippen molar-refractivity contribution in [3.05, 3.63) is 99.6 Å². The van der Waals surface area contributed by atoms with Gasteiger partial charge in [-0.25, -0.2) is 0 Å². The molecule has 0 saturated heterocycles. The second kappa shape index (κ2) is 7.49. The summed E-state index contributed by atoms with van der Waals surface area (Å²) in [5.41, 5.74) is -0.0631. The van der Waals surface area contributed by atoms with Crippen LogP contribution < -0.4 is 4.74 Å². The maximum absolute atomic E-state index is 12.8. The summed E-state index contributed by atoms with van der Waals surface area (Å²) < 4.78 is 44.1. The fourth-order valence-corrected chi connectivity index (χ4v) is 2.61. The lowest BCUT2D eigenvalue weighted by molar-refractivity contribution is -0.385. The Morgan fingerprint density at radius 3 is 2.22 bits per heavy atom. The monoisotopic (exact) mass is 373 g/mol. The van der Waals surface area contributed by atoms with Gasteiger partial charge in [0.1, 0.15) is 5.75 Å². The van der Waals surface area contributed by atoms with Gasteiger partial charge in [-0.2, -0.15) is 13.2 Å². The number of nitro benzene ring substituents is 1. The Labute approximate surface area is 153 Å². The van der Waals surface area contributed by atoms with Crippen LogP contribution in [0.3, 0.4) is 0 Å². The van der Waals surface area contributed by atoms with Crippen LogP contribution in [0.25, 0.3) is 0 Å². The van der Waals surface area contributed by atoms with Gasteiger partial charge in [-0.05, 0) is 29.3 Å². The second-order valence-corrected chi connectivity index (χ2v) is 5.81. The molecule has 0 spiro atoms. The summed E-state index contributed by atoms with van der Waals surface area (Å²) in [6, 6.07) is 18.7. The smallest absolute Gasteiger partial charge is 0.416 e. The summed E-state index contributed by atoms with van der Waals surface area (Å²) in [4.78, 5) is 10.3. The topological polar surface area (TPSA) is 52.4 Å². The SMILES string of the molecule is O=[N+]([O-])c1cc(C(F)(F)F)ccc1Oc1ccccc1Cc1ccccc1. The molecule has 138 valence electrons. The molecule has 4 nitrogen and oxygen atoms in total. The molecular formula is C20H14F3NO3. The van der Waals surface area contributed by atoms with Crippen LogP contribution >= 0.6 is 0 Å². The van der Waals surface area contributed by atoms with Crippen molar-refractivity contribution in [1.82, 2.24) is 0 Å². The highest BCUT2D eigenvalue weighted by molar-refractivity contribution is 5.52. The second-order valence-electron chi connectivity index (χ2n) is 5.81. The first-order chi connectivity index (χ1) is 12.8. The zero-order valence-electron chi connectivity index (χ0n) is 13.9. The molecule has 0 N–H and O–H groups in total. The number of nitro groups is 1. The number of benzene rings is 3. The summed E-state index contributed by atoms with van der Waals surface area (Å²) in [6.07, 6.45) is -4.15. The zero-order valence-corrected chi connectivity index (χ0v) is 13.9. The fraction of sp³-hybridized carbons (Fsp3) is 0.100. The highest BCUT2D eigenvalue weighted by atomic mass is 19.4. The predicted octanol–water partition coefficient (Wildman–Crippen LogP) is 6.00. The van der Waals surface area contributed by atoms with Gasteiger partial charge in [0.15, 0.2) is 0 Å². The molecule has 0 atom stereocenters. The van der Waals surface area contributed by atoms with E-state index in [0.717, 1.165) is 23.3 Å². The van der Waals surface area contributed by atoms with Gasteiger partial charge in [-0.1, -0.05) is 48.5 Å². The van der Waals surface area contributed by atoms with E-state index in [1.54, 1.807) is 24.3 Å². The molecule has 0 bridgehead atoms. The molecule has 0 unspecified atom stereocenters. The first kappa shape index (κ1) is 18.4. The number of hydrogen-bond donors (Lipinski definition) is 0. The molecule has 0 aliphatic carbocycles. The first-order valence-electron chi connectivity index (χ1n) is 8.00. The van der Waals surface area contributed by atoms with Gasteiger partial charge in [-0.3, -0.25) is 10.1 Å². The van der Waals surface area contributed by atoms with Gasteiger partial charge in [0.2, 0.25) is 5.75 Å². The Bertz CT molecular complexity index is 956. The first-order valence-corrected chi connectivity index (χ1v) is 8.00. The molecule has 0 fully saturated rings. The van der Waals surface area contributed by atoms with E-state index in [1.165, 1.54) is 0 Å². The van der Waals surface area contributed by atoms with Gasteiger partial charge in [0.25, 0.3) is 0 Å². The number of halogens is 3. The quantitative estimate of drug-likeness (QED) is 0.407. The van der Waals surface area contributed by atoms with Crippen LogP contribution in [0.5, 0.6) is 11.5 Å². The molecule has 3 aromatic carbocycles. The molecule has 0 saturated carbocycles. The molecular weight excluding hydrogens is 359 g/mol. The standard InChI is InChI=1S/C20H14F3NO3/c21-20(22,23)16-10-11-19(17(13-16)24(25)26)27-18-9-5-4-8-15(18)12-14-6-2-1-3-7-14/h1-11,13H,12H2. The lowest BCUT2D eigenvalue weighted by Gasteiger charge is -2.13. The van der Waals surface area contributed by atoms with Crippen molar-refractivity contribution in [2.75, 3.05) is 0 Å². The van der Waals surface area contributed by atoms with Crippen LogP contribution in [-0.2, 0) is 12.6 Å². The highest BCUT2D eigenvalue weighted by Gasteiger charge is 2.33. The Morgan fingerprint density at radius 1 is 0.889 bits per heavy atom. The Morgan fingerprint density at radius 2 is 1.56 bits per heavy atom. The largest absolute Gasteiger partial charge is 0.450 e. The van der Waals surface area contributed by atoms with E-state index in [9.17, 15) is 23.3 Å². The van der Waals surface area contributed by atoms with E-state index >= 15 is 0 Å². The molecule has 27 heavy (non-hydrogen) atoms. The van der Waals surface area contributed by atoms with Gasteiger partial charge >= 0.3 is 11.9 Å². The lowest BCUT2D eigenvalue weighted by Crippen LogP contribution is -2.06. The van der Waals surface area contributed by atoms with Crippen LogP contribution in [0.2, 0.25) is 0 Å². The molecule has 0 amide bonds. The summed E-state index contributed by atoms with van der Waals surface area (Å²) in [6.45, 7) is 0. The van der Waals surface area contributed by atoms with E-state index in [1.807, 2.05) is 30.3 Å². The fourth-order valence-electron chi connectivity index (χ4n) is 2.61. The minimum absolute atomic E-state index is 0.242. The minimum atomic E-state index is -4.67. The molecule has 0 heterocycles. The third-order valence-corrected chi connectivity index (χ3v) is 3.91.